The highest BCUT2D eigenvalue weighted by Crippen LogP contribution is 2.24. The van der Waals surface area contributed by atoms with Gasteiger partial charge in [-0.3, -0.25) is 4.79 Å². The minimum Gasteiger partial charge on any atom is -0.389 e. The summed E-state index contributed by atoms with van der Waals surface area (Å²) in [6.07, 6.45) is 0. The first kappa shape index (κ1) is 16.1. The van der Waals surface area contributed by atoms with E-state index in [-0.39, 0.29) is 4.99 Å². The third-order valence-electron chi connectivity index (χ3n) is 2.67. The van der Waals surface area contributed by atoms with Crippen molar-refractivity contribution in [1.29, 1.82) is 0 Å². The van der Waals surface area contributed by atoms with Crippen LogP contribution in [-0.4, -0.2) is 10.9 Å². The molecule has 0 radical (unpaired) electrons. The van der Waals surface area contributed by atoms with E-state index in [1.54, 1.807) is 18.2 Å². The number of carbonyl (C=O) groups is 1. The zero-order valence-electron chi connectivity index (χ0n) is 10.5. The molecule has 0 aliphatic rings. The number of hydrogen-bond acceptors (Lipinski definition) is 2. The van der Waals surface area contributed by atoms with Crippen LogP contribution >= 0.6 is 44.1 Å². The fourth-order valence-corrected chi connectivity index (χ4v) is 2.77. The van der Waals surface area contributed by atoms with E-state index in [0.29, 0.717) is 21.3 Å². The van der Waals surface area contributed by atoms with Gasteiger partial charge in [0.1, 0.15) is 10.8 Å². The van der Waals surface area contributed by atoms with Crippen LogP contribution in [0.3, 0.4) is 0 Å². The summed E-state index contributed by atoms with van der Waals surface area (Å²) in [4.78, 5) is 12.4. The molecule has 0 spiro atoms. The number of thiocarbonyl (C=S) groups is 1. The average Bonchev–Trinajstić information content (AvgIpc) is 2.37. The van der Waals surface area contributed by atoms with Gasteiger partial charge in [0.25, 0.3) is 5.91 Å². The van der Waals surface area contributed by atoms with Crippen LogP contribution in [0.4, 0.5) is 10.1 Å². The van der Waals surface area contributed by atoms with Crippen molar-refractivity contribution in [3.05, 3.63) is 62.3 Å². The van der Waals surface area contributed by atoms with Crippen molar-refractivity contribution in [2.75, 3.05) is 5.32 Å². The molecule has 108 valence electrons. The summed E-state index contributed by atoms with van der Waals surface area (Å²) in [5.41, 5.74) is 6.98. The van der Waals surface area contributed by atoms with Gasteiger partial charge < -0.3 is 11.1 Å². The fourth-order valence-electron chi connectivity index (χ4n) is 1.70. The van der Waals surface area contributed by atoms with Crippen molar-refractivity contribution < 1.29 is 9.18 Å². The van der Waals surface area contributed by atoms with Gasteiger partial charge >= 0.3 is 0 Å². The van der Waals surface area contributed by atoms with Crippen molar-refractivity contribution in [2.24, 2.45) is 5.73 Å². The highest BCUT2D eigenvalue weighted by molar-refractivity contribution is 9.10. The summed E-state index contributed by atoms with van der Waals surface area (Å²) in [6, 6.07) is 9.02. The van der Waals surface area contributed by atoms with Gasteiger partial charge in [0.15, 0.2) is 0 Å². The first-order valence-electron chi connectivity index (χ1n) is 5.74. The lowest BCUT2D eigenvalue weighted by Crippen LogP contribution is -2.18. The van der Waals surface area contributed by atoms with Crippen LogP contribution in [-0.2, 0) is 0 Å². The van der Waals surface area contributed by atoms with Crippen molar-refractivity contribution in [3.63, 3.8) is 0 Å². The number of nitrogens with one attached hydrogen (secondary N) is 1. The van der Waals surface area contributed by atoms with E-state index in [0.717, 1.165) is 4.47 Å². The van der Waals surface area contributed by atoms with Gasteiger partial charge in [0, 0.05) is 14.5 Å². The Morgan fingerprint density at radius 1 is 1.14 bits per heavy atom. The molecule has 0 aliphatic heterocycles. The summed E-state index contributed by atoms with van der Waals surface area (Å²) in [5.74, 6) is -0.817. The van der Waals surface area contributed by atoms with Crippen molar-refractivity contribution in [1.82, 2.24) is 0 Å². The quantitative estimate of drug-likeness (QED) is 0.714. The number of benzene rings is 2. The molecule has 0 heterocycles. The second kappa shape index (κ2) is 6.64. The predicted molar refractivity (Wildman–Crippen MR) is 92.1 cm³/mol. The molecule has 3 N–H and O–H groups in total. The third kappa shape index (κ3) is 3.87. The first-order chi connectivity index (χ1) is 9.88. The Labute approximate surface area is 143 Å². The Bertz CT molecular complexity index is 737. The zero-order chi connectivity index (χ0) is 15.6. The Kier molecular flexibility index (Phi) is 5.08. The number of amides is 1. The molecular weight excluding hydrogens is 423 g/mol. The van der Waals surface area contributed by atoms with E-state index in [4.69, 9.17) is 18.0 Å². The number of nitrogens with two attached hydrogens (primary N) is 1. The van der Waals surface area contributed by atoms with Gasteiger partial charge in [-0.2, -0.15) is 0 Å². The summed E-state index contributed by atoms with van der Waals surface area (Å²) < 4.78 is 14.2. The second-order valence-corrected chi connectivity index (χ2v) is 6.34. The van der Waals surface area contributed by atoms with E-state index in [9.17, 15) is 9.18 Å². The average molecular weight is 432 g/mol. The highest BCUT2D eigenvalue weighted by atomic mass is 79.9. The molecule has 2 aromatic carbocycles. The lowest BCUT2D eigenvalue weighted by atomic mass is 10.1. The van der Waals surface area contributed by atoms with Gasteiger partial charge in [0.05, 0.1) is 11.3 Å². The Balaban J connectivity index is 2.35. The number of anilines is 1. The molecule has 2 aromatic rings. The smallest absolute Gasteiger partial charge is 0.256 e. The van der Waals surface area contributed by atoms with Crippen LogP contribution in [0.5, 0.6) is 0 Å². The van der Waals surface area contributed by atoms with Crippen LogP contribution in [0.25, 0.3) is 0 Å². The SMILES string of the molecule is NC(=S)c1ccc(Br)cc1NC(=O)c1ccc(F)cc1Br. The van der Waals surface area contributed by atoms with Crippen LogP contribution in [0.1, 0.15) is 15.9 Å². The Hall–Kier alpha value is -1.31. The van der Waals surface area contributed by atoms with Gasteiger partial charge in [0.2, 0.25) is 0 Å². The van der Waals surface area contributed by atoms with Crippen LogP contribution in [0, 0.1) is 5.82 Å². The number of rotatable bonds is 3. The molecule has 0 atom stereocenters. The molecule has 0 unspecified atom stereocenters. The molecule has 0 saturated heterocycles. The van der Waals surface area contributed by atoms with Gasteiger partial charge in [-0.15, -0.1) is 0 Å². The minimum absolute atomic E-state index is 0.177. The summed E-state index contributed by atoms with van der Waals surface area (Å²) >= 11 is 11.4. The fraction of sp³-hybridized carbons (Fsp3) is 0. The largest absolute Gasteiger partial charge is 0.389 e. The summed E-state index contributed by atoms with van der Waals surface area (Å²) in [6.45, 7) is 0. The Morgan fingerprint density at radius 3 is 2.43 bits per heavy atom. The summed E-state index contributed by atoms with van der Waals surface area (Å²) in [5, 5.41) is 2.72. The highest BCUT2D eigenvalue weighted by Gasteiger charge is 2.14. The molecule has 3 nitrogen and oxygen atoms in total. The molecule has 7 heteroatoms. The van der Waals surface area contributed by atoms with Gasteiger partial charge in [-0.1, -0.05) is 28.1 Å². The van der Waals surface area contributed by atoms with Crippen molar-refractivity contribution >= 4 is 60.7 Å². The predicted octanol–water partition coefficient (Wildman–Crippen LogP) is 4.24. The monoisotopic (exact) mass is 430 g/mol. The maximum absolute atomic E-state index is 13.1. The molecule has 2 rings (SSSR count). The van der Waals surface area contributed by atoms with Crippen LogP contribution in [0.2, 0.25) is 0 Å². The summed E-state index contributed by atoms with van der Waals surface area (Å²) in [7, 11) is 0. The van der Waals surface area contributed by atoms with E-state index in [1.165, 1.54) is 18.2 Å². The lowest BCUT2D eigenvalue weighted by molar-refractivity contribution is 0.102. The molecular formula is C14H9Br2FN2OS. The van der Waals surface area contributed by atoms with E-state index in [1.807, 2.05) is 0 Å². The lowest BCUT2D eigenvalue weighted by Gasteiger charge is -2.11. The van der Waals surface area contributed by atoms with E-state index >= 15 is 0 Å². The molecule has 21 heavy (non-hydrogen) atoms. The van der Waals surface area contributed by atoms with Crippen LogP contribution < -0.4 is 11.1 Å². The molecule has 0 saturated carbocycles. The molecule has 0 aromatic heterocycles. The van der Waals surface area contributed by atoms with Gasteiger partial charge in [-0.05, 0) is 52.3 Å². The molecule has 0 bridgehead atoms. The first-order valence-corrected chi connectivity index (χ1v) is 7.73. The molecule has 1 amide bonds. The minimum atomic E-state index is -0.426. The number of hydrogen-bond donors (Lipinski definition) is 2. The second-order valence-electron chi connectivity index (χ2n) is 4.13. The Morgan fingerprint density at radius 2 is 1.81 bits per heavy atom. The maximum Gasteiger partial charge on any atom is 0.256 e. The normalized spacial score (nSPS) is 10.2. The maximum atomic E-state index is 13.1. The van der Waals surface area contributed by atoms with Crippen molar-refractivity contribution in [2.45, 2.75) is 0 Å². The number of halogens is 3. The third-order valence-corrected chi connectivity index (χ3v) is 4.04. The van der Waals surface area contributed by atoms with Crippen LogP contribution in [0.15, 0.2) is 45.3 Å². The standard InChI is InChI=1S/C14H9Br2FN2OS/c15-7-1-3-10(13(18)21)12(5-7)19-14(20)9-4-2-8(17)6-11(9)16/h1-6H,(H2,18,21)(H,19,20). The van der Waals surface area contributed by atoms with E-state index in [2.05, 4.69) is 37.2 Å². The zero-order valence-corrected chi connectivity index (χ0v) is 14.5. The number of carbonyl (C=O) groups excluding carboxylic acids is 1. The van der Waals surface area contributed by atoms with Crippen molar-refractivity contribution in [3.8, 4) is 0 Å². The molecule has 0 fully saturated rings. The topological polar surface area (TPSA) is 55.1 Å². The molecule has 0 aliphatic carbocycles. The van der Waals surface area contributed by atoms with E-state index < -0.39 is 11.7 Å². The van der Waals surface area contributed by atoms with Gasteiger partial charge in [-0.25, -0.2) is 4.39 Å².